The van der Waals surface area contributed by atoms with Crippen molar-refractivity contribution in [1.82, 2.24) is 24.8 Å². The molecule has 7 nitrogen and oxygen atoms in total. The van der Waals surface area contributed by atoms with Gasteiger partial charge in [-0.15, -0.1) is 0 Å². The maximum absolute atomic E-state index is 13.0. The first-order valence-electron chi connectivity index (χ1n) is 9.40. The number of nitrogens with one attached hydrogen (secondary N) is 1. The Morgan fingerprint density at radius 1 is 1.14 bits per heavy atom. The molecule has 1 aliphatic rings. The fourth-order valence-corrected chi connectivity index (χ4v) is 3.31. The van der Waals surface area contributed by atoms with Crippen molar-refractivity contribution < 1.29 is 9.53 Å². The van der Waals surface area contributed by atoms with Crippen LogP contribution in [0.2, 0.25) is 0 Å². The summed E-state index contributed by atoms with van der Waals surface area (Å²) in [6.45, 7) is 3.93. The molecule has 3 heterocycles. The highest BCUT2D eigenvalue weighted by molar-refractivity contribution is 5.93. The van der Waals surface area contributed by atoms with Crippen LogP contribution < -0.4 is 5.32 Å². The fourth-order valence-electron chi connectivity index (χ4n) is 3.31. The lowest BCUT2D eigenvalue weighted by Crippen LogP contribution is -2.43. The second kappa shape index (κ2) is 8.77. The number of hydrogen-bond donors (Lipinski definition) is 1. The van der Waals surface area contributed by atoms with Crippen molar-refractivity contribution in [3.05, 3.63) is 78.6 Å². The van der Waals surface area contributed by atoms with Crippen molar-refractivity contribution in [1.29, 1.82) is 0 Å². The number of ether oxygens (including phenoxy) is 1. The number of aromatic nitrogens is 3. The Kier molecular flexibility index (Phi) is 5.75. The molecule has 0 spiro atoms. The molecule has 7 heteroatoms. The monoisotopic (exact) mass is 377 g/mol. The third-order valence-electron chi connectivity index (χ3n) is 4.83. The summed E-state index contributed by atoms with van der Waals surface area (Å²) < 4.78 is 7.29. The lowest BCUT2D eigenvalue weighted by molar-refractivity contribution is 0.0332. The number of carbonyl (C=O) groups is 1. The molecule has 1 saturated heterocycles. The van der Waals surface area contributed by atoms with Crippen molar-refractivity contribution in [3.63, 3.8) is 0 Å². The summed E-state index contributed by atoms with van der Waals surface area (Å²) in [6.07, 6.45) is 6.88. The summed E-state index contributed by atoms with van der Waals surface area (Å²) in [5.74, 6) is -0.191. The van der Waals surface area contributed by atoms with Gasteiger partial charge in [0.05, 0.1) is 31.3 Å². The normalized spacial score (nSPS) is 15.9. The second-order valence-corrected chi connectivity index (χ2v) is 6.72. The molecule has 1 aliphatic heterocycles. The minimum Gasteiger partial charge on any atom is -0.379 e. The largest absolute Gasteiger partial charge is 0.379 e. The number of carbonyl (C=O) groups excluding carboxylic acids is 1. The Labute approximate surface area is 164 Å². The van der Waals surface area contributed by atoms with Crippen molar-refractivity contribution in [3.8, 4) is 5.69 Å². The van der Waals surface area contributed by atoms with Crippen molar-refractivity contribution in [2.45, 2.75) is 6.04 Å². The molecule has 1 aromatic carbocycles. The summed E-state index contributed by atoms with van der Waals surface area (Å²) >= 11 is 0. The van der Waals surface area contributed by atoms with E-state index in [1.54, 1.807) is 24.8 Å². The highest BCUT2D eigenvalue weighted by atomic mass is 16.5. The zero-order valence-corrected chi connectivity index (χ0v) is 15.6. The summed E-state index contributed by atoms with van der Waals surface area (Å²) in [7, 11) is 0. The zero-order chi connectivity index (χ0) is 19.2. The molecule has 0 saturated carbocycles. The molecule has 1 unspecified atom stereocenters. The minimum atomic E-state index is -0.191. The maximum Gasteiger partial charge on any atom is 0.270 e. The van der Waals surface area contributed by atoms with Gasteiger partial charge in [-0.2, -0.15) is 0 Å². The highest BCUT2D eigenvalue weighted by Crippen LogP contribution is 2.16. The van der Waals surface area contributed by atoms with E-state index in [-0.39, 0.29) is 11.9 Å². The first-order valence-corrected chi connectivity index (χ1v) is 9.40. The van der Waals surface area contributed by atoms with Crippen LogP contribution in [0.3, 0.4) is 0 Å². The first kappa shape index (κ1) is 18.3. The van der Waals surface area contributed by atoms with Crippen LogP contribution >= 0.6 is 0 Å². The molecule has 1 amide bonds. The average molecular weight is 377 g/mol. The highest BCUT2D eigenvalue weighted by Gasteiger charge is 2.21. The van der Waals surface area contributed by atoms with E-state index >= 15 is 0 Å². The van der Waals surface area contributed by atoms with Crippen LogP contribution in [0.4, 0.5) is 0 Å². The number of benzene rings is 1. The number of pyridine rings is 1. The molecule has 0 radical (unpaired) electrons. The molecular weight excluding hydrogens is 354 g/mol. The van der Waals surface area contributed by atoms with Gasteiger partial charge < -0.3 is 14.6 Å². The SMILES string of the molecule is O=C(NC(CN1CCOCC1)c1ccccc1)c1cc(-n2ccnc2)ccn1. The minimum absolute atomic E-state index is 0.120. The molecule has 0 aliphatic carbocycles. The van der Waals surface area contributed by atoms with Crippen LogP contribution in [0.1, 0.15) is 22.1 Å². The lowest BCUT2D eigenvalue weighted by Gasteiger charge is -2.31. The van der Waals surface area contributed by atoms with Crippen molar-refractivity contribution in [2.24, 2.45) is 0 Å². The molecule has 28 heavy (non-hydrogen) atoms. The van der Waals surface area contributed by atoms with Gasteiger partial charge >= 0.3 is 0 Å². The lowest BCUT2D eigenvalue weighted by atomic mass is 10.1. The Morgan fingerprint density at radius 2 is 1.96 bits per heavy atom. The van der Waals surface area contributed by atoms with E-state index in [1.165, 1.54) is 0 Å². The number of morpholine rings is 1. The van der Waals surface area contributed by atoms with Gasteiger partial charge in [-0.05, 0) is 17.7 Å². The quantitative estimate of drug-likeness (QED) is 0.712. The smallest absolute Gasteiger partial charge is 0.270 e. The molecule has 1 N–H and O–H groups in total. The topological polar surface area (TPSA) is 72.3 Å². The number of rotatable bonds is 6. The number of amides is 1. The molecule has 3 aromatic rings. The first-order chi connectivity index (χ1) is 13.8. The van der Waals surface area contributed by atoms with Crippen LogP contribution in [0.25, 0.3) is 5.69 Å². The summed E-state index contributed by atoms with van der Waals surface area (Å²) in [4.78, 5) is 23.6. The van der Waals surface area contributed by atoms with Crippen molar-refractivity contribution in [2.75, 3.05) is 32.8 Å². The number of imidazole rings is 1. The fraction of sp³-hybridized carbons (Fsp3) is 0.286. The van der Waals surface area contributed by atoms with Crippen LogP contribution in [-0.4, -0.2) is 58.2 Å². The third-order valence-corrected chi connectivity index (χ3v) is 4.83. The van der Waals surface area contributed by atoms with Crippen LogP contribution in [0, 0.1) is 0 Å². The predicted molar refractivity (Wildman–Crippen MR) is 105 cm³/mol. The summed E-state index contributed by atoms with van der Waals surface area (Å²) in [5.41, 5.74) is 2.31. The molecule has 2 aromatic heterocycles. The third kappa shape index (κ3) is 4.44. The van der Waals surface area contributed by atoms with E-state index in [0.717, 1.165) is 44.1 Å². The van der Waals surface area contributed by atoms with Gasteiger partial charge in [0.2, 0.25) is 0 Å². The van der Waals surface area contributed by atoms with Gasteiger partial charge in [-0.1, -0.05) is 30.3 Å². The Morgan fingerprint density at radius 3 is 2.71 bits per heavy atom. The molecule has 0 bridgehead atoms. The average Bonchev–Trinajstić information content (AvgIpc) is 3.30. The van der Waals surface area contributed by atoms with E-state index in [9.17, 15) is 4.79 Å². The van der Waals surface area contributed by atoms with E-state index in [1.807, 2.05) is 47.2 Å². The van der Waals surface area contributed by atoms with E-state index in [2.05, 4.69) is 20.2 Å². The van der Waals surface area contributed by atoms with Crippen molar-refractivity contribution >= 4 is 5.91 Å². The van der Waals surface area contributed by atoms with E-state index in [4.69, 9.17) is 4.74 Å². The number of hydrogen-bond acceptors (Lipinski definition) is 5. The van der Waals surface area contributed by atoms with Crippen LogP contribution in [-0.2, 0) is 4.74 Å². The van der Waals surface area contributed by atoms with Gasteiger partial charge in [-0.3, -0.25) is 14.7 Å². The predicted octanol–water partition coefficient (Wildman–Crippen LogP) is 2.07. The zero-order valence-electron chi connectivity index (χ0n) is 15.6. The molecule has 1 fully saturated rings. The van der Waals surface area contributed by atoms with E-state index in [0.29, 0.717) is 5.69 Å². The van der Waals surface area contributed by atoms with Gasteiger partial charge in [0.15, 0.2) is 0 Å². The molecule has 4 rings (SSSR count). The van der Waals surface area contributed by atoms with Crippen LogP contribution in [0.5, 0.6) is 0 Å². The van der Waals surface area contributed by atoms with Crippen LogP contribution in [0.15, 0.2) is 67.4 Å². The van der Waals surface area contributed by atoms with Gasteiger partial charge in [-0.25, -0.2) is 4.98 Å². The Balaban J connectivity index is 1.52. The standard InChI is InChI=1S/C21H23N5O2/c27-21(19-14-18(6-7-23-19)26-9-8-22-16-26)24-20(17-4-2-1-3-5-17)15-25-10-12-28-13-11-25/h1-9,14,16,20H,10-13,15H2,(H,24,27). The Bertz CT molecular complexity index is 892. The number of nitrogens with zero attached hydrogens (tertiary/aromatic N) is 4. The second-order valence-electron chi connectivity index (χ2n) is 6.72. The summed E-state index contributed by atoms with van der Waals surface area (Å²) in [6, 6.07) is 13.5. The molecular formula is C21H23N5O2. The molecule has 144 valence electrons. The Hall–Kier alpha value is -3.03. The van der Waals surface area contributed by atoms with Gasteiger partial charge in [0.25, 0.3) is 5.91 Å². The van der Waals surface area contributed by atoms with Gasteiger partial charge in [0.1, 0.15) is 5.69 Å². The summed E-state index contributed by atoms with van der Waals surface area (Å²) in [5, 5.41) is 3.16. The van der Waals surface area contributed by atoms with E-state index < -0.39 is 0 Å². The van der Waals surface area contributed by atoms with Gasteiger partial charge in [0, 0.05) is 38.2 Å². The maximum atomic E-state index is 13.0. The molecule has 1 atom stereocenters.